The van der Waals surface area contributed by atoms with Gasteiger partial charge in [-0.25, -0.2) is 0 Å². The highest BCUT2D eigenvalue weighted by Gasteiger charge is 2.46. The molecule has 1 aliphatic heterocycles. The first-order valence-electron chi connectivity index (χ1n) is 9.75. The number of hydrogen-bond acceptors (Lipinski definition) is 4. The highest BCUT2D eigenvalue weighted by Crippen LogP contribution is 2.35. The van der Waals surface area contributed by atoms with E-state index in [-0.39, 0.29) is 42.5 Å². The van der Waals surface area contributed by atoms with Crippen molar-refractivity contribution in [3.05, 3.63) is 66.7 Å². The van der Waals surface area contributed by atoms with Crippen molar-refractivity contribution < 1.29 is 19.1 Å². The number of carbonyl (C=O) groups excluding carboxylic acids is 3. The Balaban J connectivity index is 1.29. The summed E-state index contributed by atoms with van der Waals surface area (Å²) in [6, 6.07) is 16.5. The number of carbonyl (C=O) groups is 3. The Hall–Kier alpha value is -3.41. The van der Waals surface area contributed by atoms with E-state index in [4.69, 9.17) is 4.74 Å². The largest absolute Gasteiger partial charge is 0.457 e. The number of allylic oxidation sites excluding steroid dienone is 2. The van der Waals surface area contributed by atoms with Crippen molar-refractivity contribution in [2.24, 2.45) is 11.8 Å². The Bertz CT molecular complexity index is 911. The SMILES string of the molecule is O=C(CCN1C(=O)[C@@H]2CC=CC[C@H]2C1=O)Nc1ccc(Oc2ccccc2)cc1. The summed E-state index contributed by atoms with van der Waals surface area (Å²) in [7, 11) is 0. The molecule has 1 aliphatic carbocycles. The molecule has 29 heavy (non-hydrogen) atoms. The lowest BCUT2D eigenvalue weighted by atomic mass is 9.85. The van der Waals surface area contributed by atoms with Gasteiger partial charge in [-0.05, 0) is 49.2 Å². The van der Waals surface area contributed by atoms with Crippen LogP contribution in [0.5, 0.6) is 11.5 Å². The van der Waals surface area contributed by atoms with Crippen LogP contribution < -0.4 is 10.1 Å². The third-order valence-electron chi connectivity index (χ3n) is 5.28. The second-order valence-electron chi connectivity index (χ2n) is 7.22. The van der Waals surface area contributed by atoms with Gasteiger partial charge >= 0.3 is 0 Å². The summed E-state index contributed by atoms with van der Waals surface area (Å²) in [5.74, 6) is 0.341. The van der Waals surface area contributed by atoms with Crippen molar-refractivity contribution in [2.45, 2.75) is 19.3 Å². The predicted octanol–water partition coefficient (Wildman–Crippen LogP) is 3.76. The number of rotatable bonds is 6. The summed E-state index contributed by atoms with van der Waals surface area (Å²) >= 11 is 0. The zero-order valence-electron chi connectivity index (χ0n) is 15.9. The van der Waals surface area contributed by atoms with Crippen molar-refractivity contribution in [2.75, 3.05) is 11.9 Å². The van der Waals surface area contributed by atoms with Crippen molar-refractivity contribution in [1.82, 2.24) is 4.90 Å². The van der Waals surface area contributed by atoms with E-state index in [2.05, 4.69) is 5.32 Å². The zero-order valence-corrected chi connectivity index (χ0v) is 15.9. The van der Waals surface area contributed by atoms with E-state index in [0.717, 1.165) is 5.75 Å². The molecule has 0 aromatic heterocycles. The highest BCUT2D eigenvalue weighted by atomic mass is 16.5. The fraction of sp³-hybridized carbons (Fsp3) is 0.261. The van der Waals surface area contributed by atoms with Gasteiger partial charge in [0, 0.05) is 18.7 Å². The molecule has 4 rings (SSSR count). The maximum atomic E-state index is 12.4. The van der Waals surface area contributed by atoms with E-state index in [9.17, 15) is 14.4 Å². The number of para-hydroxylation sites is 1. The molecule has 0 saturated carbocycles. The van der Waals surface area contributed by atoms with Gasteiger partial charge in [0.05, 0.1) is 11.8 Å². The van der Waals surface area contributed by atoms with Crippen LogP contribution in [0.2, 0.25) is 0 Å². The van der Waals surface area contributed by atoms with Gasteiger partial charge in [-0.3, -0.25) is 19.3 Å². The molecule has 1 saturated heterocycles. The molecule has 1 heterocycles. The first kappa shape index (κ1) is 18.9. The summed E-state index contributed by atoms with van der Waals surface area (Å²) in [6.45, 7) is 0.117. The quantitative estimate of drug-likeness (QED) is 0.602. The standard InChI is InChI=1S/C23H22N2O4/c26-21(14-15-25-22(27)19-8-4-5-9-20(19)23(25)28)24-16-10-12-18(13-11-16)29-17-6-2-1-3-7-17/h1-7,10-13,19-20H,8-9,14-15H2,(H,24,26)/t19-,20-/m1/s1. The third kappa shape index (κ3) is 4.21. The fourth-order valence-electron chi connectivity index (χ4n) is 3.76. The first-order valence-corrected chi connectivity index (χ1v) is 9.75. The summed E-state index contributed by atoms with van der Waals surface area (Å²) in [5, 5.41) is 2.79. The molecule has 2 aliphatic rings. The number of hydrogen-bond donors (Lipinski definition) is 1. The van der Waals surface area contributed by atoms with Crippen molar-refractivity contribution in [1.29, 1.82) is 0 Å². The zero-order chi connectivity index (χ0) is 20.2. The number of benzene rings is 2. The predicted molar refractivity (Wildman–Crippen MR) is 108 cm³/mol. The molecule has 2 aromatic carbocycles. The minimum absolute atomic E-state index is 0.0760. The van der Waals surface area contributed by atoms with Crippen molar-refractivity contribution in [3.8, 4) is 11.5 Å². The van der Waals surface area contributed by atoms with Gasteiger partial charge in [-0.2, -0.15) is 0 Å². The molecule has 148 valence electrons. The van der Waals surface area contributed by atoms with Gasteiger partial charge in [-0.15, -0.1) is 0 Å². The van der Waals surface area contributed by atoms with Gasteiger partial charge in [0.15, 0.2) is 0 Å². The fourth-order valence-corrected chi connectivity index (χ4v) is 3.76. The van der Waals surface area contributed by atoms with Gasteiger partial charge in [0.1, 0.15) is 11.5 Å². The maximum absolute atomic E-state index is 12.4. The molecule has 0 spiro atoms. The summed E-state index contributed by atoms with van der Waals surface area (Å²) < 4.78 is 5.72. The lowest BCUT2D eigenvalue weighted by Gasteiger charge is -2.14. The minimum atomic E-state index is -0.257. The first-order chi connectivity index (χ1) is 14.1. The Kier molecular flexibility index (Phi) is 5.42. The van der Waals surface area contributed by atoms with Gasteiger partial charge in [0.2, 0.25) is 17.7 Å². The molecule has 6 nitrogen and oxygen atoms in total. The van der Waals surface area contributed by atoms with Crippen molar-refractivity contribution in [3.63, 3.8) is 0 Å². The third-order valence-corrected chi connectivity index (χ3v) is 5.28. The second kappa shape index (κ2) is 8.31. The average molecular weight is 390 g/mol. The molecular formula is C23H22N2O4. The van der Waals surface area contributed by atoms with Crippen LogP contribution in [0, 0.1) is 11.8 Å². The van der Waals surface area contributed by atoms with Crippen LogP contribution in [0.1, 0.15) is 19.3 Å². The van der Waals surface area contributed by atoms with Gasteiger partial charge in [-0.1, -0.05) is 30.4 Å². The average Bonchev–Trinajstić information content (AvgIpc) is 2.99. The van der Waals surface area contributed by atoms with Crippen LogP contribution in [0.15, 0.2) is 66.7 Å². The van der Waals surface area contributed by atoms with E-state index in [1.807, 2.05) is 42.5 Å². The Labute approximate surface area is 169 Å². The minimum Gasteiger partial charge on any atom is -0.457 e. The van der Waals surface area contributed by atoms with E-state index < -0.39 is 0 Å². The molecule has 3 amide bonds. The highest BCUT2D eigenvalue weighted by molar-refractivity contribution is 6.05. The molecule has 2 aromatic rings. The number of anilines is 1. The number of imide groups is 1. The number of ether oxygens (including phenoxy) is 1. The van der Waals surface area contributed by atoms with E-state index in [1.165, 1.54) is 4.90 Å². The van der Waals surface area contributed by atoms with Crippen molar-refractivity contribution >= 4 is 23.4 Å². The Morgan fingerprint density at radius 3 is 2.10 bits per heavy atom. The van der Waals surface area contributed by atoms with Gasteiger partial charge < -0.3 is 10.1 Å². The van der Waals surface area contributed by atoms with Crippen LogP contribution >= 0.6 is 0 Å². The van der Waals surface area contributed by atoms with Gasteiger partial charge in [0.25, 0.3) is 0 Å². The Morgan fingerprint density at radius 1 is 0.897 bits per heavy atom. The number of likely N-dealkylation sites (tertiary alicyclic amines) is 1. The van der Waals surface area contributed by atoms with Crippen LogP contribution in [0.25, 0.3) is 0 Å². The number of nitrogens with one attached hydrogen (secondary N) is 1. The van der Waals surface area contributed by atoms with E-state index in [1.54, 1.807) is 24.3 Å². The molecule has 1 N–H and O–H groups in total. The summed E-state index contributed by atoms with van der Waals surface area (Å²) in [4.78, 5) is 38.4. The lowest BCUT2D eigenvalue weighted by Crippen LogP contribution is -2.34. The second-order valence-corrected chi connectivity index (χ2v) is 7.22. The topological polar surface area (TPSA) is 75.7 Å². The lowest BCUT2D eigenvalue weighted by molar-refractivity contribution is -0.140. The van der Waals surface area contributed by atoms with Crippen LogP contribution in [-0.2, 0) is 14.4 Å². The summed E-state index contributed by atoms with van der Waals surface area (Å²) in [6.07, 6.45) is 5.19. The van der Waals surface area contributed by atoms with Crippen LogP contribution in [0.3, 0.4) is 0 Å². The number of nitrogens with zero attached hydrogens (tertiary/aromatic N) is 1. The molecule has 0 radical (unpaired) electrons. The Morgan fingerprint density at radius 2 is 1.48 bits per heavy atom. The van der Waals surface area contributed by atoms with E-state index >= 15 is 0 Å². The molecule has 6 heteroatoms. The number of fused-ring (bicyclic) bond motifs is 1. The molecule has 1 fully saturated rings. The molecular weight excluding hydrogens is 368 g/mol. The molecule has 0 unspecified atom stereocenters. The molecule has 0 bridgehead atoms. The monoisotopic (exact) mass is 390 g/mol. The van der Waals surface area contributed by atoms with E-state index in [0.29, 0.717) is 24.3 Å². The maximum Gasteiger partial charge on any atom is 0.233 e. The normalized spacial score (nSPS) is 20.5. The van der Waals surface area contributed by atoms with Crippen LogP contribution in [0.4, 0.5) is 5.69 Å². The number of amides is 3. The molecule has 2 atom stereocenters. The van der Waals surface area contributed by atoms with Crippen LogP contribution in [-0.4, -0.2) is 29.2 Å². The smallest absolute Gasteiger partial charge is 0.233 e. The summed E-state index contributed by atoms with van der Waals surface area (Å²) in [5.41, 5.74) is 0.632.